The van der Waals surface area contributed by atoms with Crippen molar-refractivity contribution < 1.29 is 0 Å². The van der Waals surface area contributed by atoms with Crippen molar-refractivity contribution in [3.05, 3.63) is 46.3 Å². The van der Waals surface area contributed by atoms with Gasteiger partial charge in [0, 0.05) is 30.6 Å². The Kier molecular flexibility index (Phi) is 3.22. The van der Waals surface area contributed by atoms with E-state index in [1.54, 1.807) is 0 Å². The van der Waals surface area contributed by atoms with Gasteiger partial charge in [0.2, 0.25) is 0 Å². The molecule has 1 saturated carbocycles. The molecule has 94 valence electrons. The minimum Gasteiger partial charge on any atom is -0.296 e. The van der Waals surface area contributed by atoms with E-state index in [4.69, 9.17) is 5.53 Å². The molecular formula is C14H18N4. The molecule has 0 amide bonds. The van der Waals surface area contributed by atoms with Crippen molar-refractivity contribution in [2.45, 2.75) is 25.4 Å². The molecule has 1 aliphatic carbocycles. The fourth-order valence-electron chi connectivity index (χ4n) is 3.65. The Morgan fingerprint density at radius 3 is 2.89 bits per heavy atom. The van der Waals surface area contributed by atoms with E-state index in [-0.39, 0.29) is 0 Å². The van der Waals surface area contributed by atoms with Crippen LogP contribution in [-0.2, 0) is 6.54 Å². The van der Waals surface area contributed by atoms with Crippen LogP contribution in [0.4, 0.5) is 0 Å². The van der Waals surface area contributed by atoms with Crippen molar-refractivity contribution >= 4 is 0 Å². The molecule has 4 nitrogen and oxygen atoms in total. The fraction of sp³-hybridized carbons (Fsp3) is 0.571. The first-order valence-corrected chi connectivity index (χ1v) is 6.67. The van der Waals surface area contributed by atoms with E-state index in [1.165, 1.54) is 24.9 Å². The van der Waals surface area contributed by atoms with Crippen LogP contribution in [0.3, 0.4) is 0 Å². The number of fused-ring (bicyclic) bond motifs is 2. The number of rotatable bonds is 4. The standard InChI is InChI=1S/C14H18N4/c15-17-16-8-13-12-6-7-14(13)18(10-12)9-11-4-2-1-3-5-11/h1-5,12-14H,6-10H2. The zero-order valence-corrected chi connectivity index (χ0v) is 10.4. The van der Waals surface area contributed by atoms with Crippen molar-refractivity contribution in [1.82, 2.24) is 4.90 Å². The number of hydrogen-bond donors (Lipinski definition) is 0. The molecule has 0 radical (unpaired) electrons. The first-order chi connectivity index (χ1) is 8.88. The van der Waals surface area contributed by atoms with Crippen LogP contribution in [0.2, 0.25) is 0 Å². The van der Waals surface area contributed by atoms with E-state index in [9.17, 15) is 0 Å². The monoisotopic (exact) mass is 242 g/mol. The molecule has 1 heterocycles. The smallest absolute Gasteiger partial charge is 0.0304 e. The molecule has 2 fully saturated rings. The Morgan fingerprint density at radius 1 is 1.28 bits per heavy atom. The molecule has 0 aromatic heterocycles. The van der Waals surface area contributed by atoms with Crippen LogP contribution in [0, 0.1) is 11.8 Å². The van der Waals surface area contributed by atoms with Crippen LogP contribution in [0.25, 0.3) is 10.4 Å². The quantitative estimate of drug-likeness (QED) is 0.454. The van der Waals surface area contributed by atoms with Gasteiger partial charge in [0.1, 0.15) is 0 Å². The summed E-state index contributed by atoms with van der Waals surface area (Å²) in [7, 11) is 0. The molecular weight excluding hydrogens is 224 g/mol. The van der Waals surface area contributed by atoms with E-state index >= 15 is 0 Å². The molecule has 2 bridgehead atoms. The number of nitrogens with zero attached hydrogens (tertiary/aromatic N) is 4. The average molecular weight is 242 g/mol. The summed E-state index contributed by atoms with van der Waals surface area (Å²) >= 11 is 0. The molecule has 1 aromatic carbocycles. The highest BCUT2D eigenvalue weighted by Gasteiger charge is 2.45. The topological polar surface area (TPSA) is 52.0 Å². The zero-order valence-electron chi connectivity index (χ0n) is 10.4. The van der Waals surface area contributed by atoms with Crippen LogP contribution in [0.5, 0.6) is 0 Å². The second-order valence-electron chi connectivity index (χ2n) is 5.40. The second kappa shape index (κ2) is 5.01. The Hall–Kier alpha value is -1.51. The molecule has 4 heteroatoms. The minimum absolute atomic E-state index is 0.588. The van der Waals surface area contributed by atoms with Gasteiger partial charge in [0.25, 0.3) is 0 Å². The van der Waals surface area contributed by atoms with Gasteiger partial charge in [-0.05, 0) is 35.8 Å². The van der Waals surface area contributed by atoms with Gasteiger partial charge in [0.15, 0.2) is 0 Å². The third-order valence-electron chi connectivity index (χ3n) is 4.46. The lowest BCUT2D eigenvalue weighted by Crippen LogP contribution is -2.33. The lowest BCUT2D eigenvalue weighted by atomic mass is 9.99. The summed E-state index contributed by atoms with van der Waals surface area (Å²) in [6, 6.07) is 11.3. The molecule has 2 aliphatic rings. The molecule has 18 heavy (non-hydrogen) atoms. The van der Waals surface area contributed by atoms with E-state index < -0.39 is 0 Å². The van der Waals surface area contributed by atoms with Gasteiger partial charge in [-0.2, -0.15) is 0 Å². The predicted octanol–water partition coefficient (Wildman–Crippen LogP) is 3.21. The Bertz CT molecular complexity index is 452. The summed E-state index contributed by atoms with van der Waals surface area (Å²) in [5, 5.41) is 3.79. The SMILES string of the molecule is [N-]=[N+]=NCC1C2CCC1N(Cc1ccccc1)C2. The summed E-state index contributed by atoms with van der Waals surface area (Å²) in [6.45, 7) is 2.89. The Morgan fingerprint density at radius 2 is 2.11 bits per heavy atom. The third-order valence-corrected chi connectivity index (χ3v) is 4.46. The molecule has 3 unspecified atom stereocenters. The van der Waals surface area contributed by atoms with Crippen LogP contribution in [0.1, 0.15) is 18.4 Å². The molecule has 1 saturated heterocycles. The number of hydrogen-bond acceptors (Lipinski definition) is 2. The maximum absolute atomic E-state index is 8.47. The van der Waals surface area contributed by atoms with E-state index in [2.05, 4.69) is 45.3 Å². The molecule has 3 atom stereocenters. The normalized spacial score (nSPS) is 30.3. The summed E-state index contributed by atoms with van der Waals surface area (Å²) in [5.74, 6) is 1.33. The van der Waals surface area contributed by atoms with Gasteiger partial charge in [-0.25, -0.2) is 0 Å². The minimum atomic E-state index is 0.588. The Balaban J connectivity index is 1.68. The summed E-state index contributed by atoms with van der Waals surface area (Å²) < 4.78 is 0. The highest BCUT2D eigenvalue weighted by Crippen LogP contribution is 2.43. The average Bonchev–Trinajstić information content (AvgIpc) is 2.94. The van der Waals surface area contributed by atoms with Gasteiger partial charge in [-0.15, -0.1) is 0 Å². The third kappa shape index (κ3) is 2.09. The van der Waals surface area contributed by atoms with E-state index in [1.807, 2.05) is 0 Å². The Labute approximate surface area is 107 Å². The first-order valence-electron chi connectivity index (χ1n) is 6.67. The number of likely N-dealkylation sites (tertiary alicyclic amines) is 1. The molecule has 0 spiro atoms. The maximum atomic E-state index is 8.47. The van der Waals surface area contributed by atoms with Crippen LogP contribution < -0.4 is 0 Å². The number of benzene rings is 1. The van der Waals surface area contributed by atoms with Gasteiger partial charge < -0.3 is 0 Å². The molecule has 1 aromatic rings. The lowest BCUT2D eigenvalue weighted by Gasteiger charge is -2.27. The van der Waals surface area contributed by atoms with Crippen molar-refractivity contribution in [2.75, 3.05) is 13.1 Å². The zero-order chi connectivity index (χ0) is 12.4. The van der Waals surface area contributed by atoms with Crippen molar-refractivity contribution in [2.24, 2.45) is 17.0 Å². The van der Waals surface area contributed by atoms with Crippen LogP contribution >= 0.6 is 0 Å². The van der Waals surface area contributed by atoms with Crippen LogP contribution in [0.15, 0.2) is 35.4 Å². The summed E-state index contributed by atoms with van der Waals surface area (Å²) in [5.41, 5.74) is 9.85. The maximum Gasteiger partial charge on any atom is 0.0304 e. The van der Waals surface area contributed by atoms with E-state index in [0.717, 1.165) is 12.5 Å². The summed E-state index contributed by atoms with van der Waals surface area (Å²) in [4.78, 5) is 5.48. The van der Waals surface area contributed by atoms with Crippen molar-refractivity contribution in [1.29, 1.82) is 0 Å². The molecule has 3 rings (SSSR count). The van der Waals surface area contributed by atoms with Gasteiger partial charge >= 0.3 is 0 Å². The molecule has 0 N–H and O–H groups in total. The highest BCUT2D eigenvalue weighted by molar-refractivity contribution is 5.15. The number of piperidine rings is 1. The largest absolute Gasteiger partial charge is 0.296 e. The van der Waals surface area contributed by atoms with Gasteiger partial charge in [-0.1, -0.05) is 35.4 Å². The second-order valence-corrected chi connectivity index (χ2v) is 5.40. The van der Waals surface area contributed by atoms with Gasteiger partial charge in [-0.3, -0.25) is 4.90 Å². The molecule has 1 aliphatic heterocycles. The number of azide groups is 1. The van der Waals surface area contributed by atoms with E-state index in [0.29, 0.717) is 18.5 Å². The summed E-state index contributed by atoms with van der Waals surface area (Å²) in [6.07, 6.45) is 2.57. The predicted molar refractivity (Wildman–Crippen MR) is 70.9 cm³/mol. The highest BCUT2D eigenvalue weighted by atomic mass is 15.2. The lowest BCUT2D eigenvalue weighted by molar-refractivity contribution is 0.198. The van der Waals surface area contributed by atoms with Gasteiger partial charge in [0.05, 0.1) is 0 Å². The first kappa shape index (κ1) is 11.6. The fourth-order valence-corrected chi connectivity index (χ4v) is 3.65. The van der Waals surface area contributed by atoms with Crippen molar-refractivity contribution in [3.8, 4) is 0 Å². The van der Waals surface area contributed by atoms with Crippen molar-refractivity contribution in [3.63, 3.8) is 0 Å². The van der Waals surface area contributed by atoms with Crippen LogP contribution in [-0.4, -0.2) is 24.0 Å².